The van der Waals surface area contributed by atoms with Crippen LogP contribution in [-0.2, 0) is 9.47 Å². The standard InChI is InChI=1S/C15H17ClF4O4/c1-2-3-8-22-9-10-23-14(17,18)15(19,20)24-12-6-4-11(5-7-12)13(16)21/h4-7H,2-3,8-10H2,1H3. The molecule has 0 aliphatic rings. The van der Waals surface area contributed by atoms with E-state index < -0.39 is 29.8 Å². The van der Waals surface area contributed by atoms with Gasteiger partial charge in [0.05, 0.1) is 13.2 Å². The number of carbonyl (C=O) groups is 1. The van der Waals surface area contributed by atoms with Gasteiger partial charge in [0.2, 0.25) is 0 Å². The quantitative estimate of drug-likeness (QED) is 0.327. The number of rotatable bonds is 11. The van der Waals surface area contributed by atoms with E-state index in [1.807, 2.05) is 6.92 Å². The molecule has 0 aromatic heterocycles. The molecule has 0 aliphatic carbocycles. The Morgan fingerprint density at radius 1 is 1.04 bits per heavy atom. The van der Waals surface area contributed by atoms with E-state index >= 15 is 0 Å². The summed E-state index contributed by atoms with van der Waals surface area (Å²) in [7, 11) is 0. The van der Waals surface area contributed by atoms with Crippen LogP contribution in [0.4, 0.5) is 17.6 Å². The summed E-state index contributed by atoms with van der Waals surface area (Å²) in [6, 6.07) is 3.99. The van der Waals surface area contributed by atoms with Crippen molar-refractivity contribution < 1.29 is 36.6 Å². The molecule has 0 bridgehead atoms. The maximum atomic E-state index is 13.5. The first-order valence-electron chi connectivity index (χ1n) is 7.16. The average molecular weight is 373 g/mol. The largest absolute Gasteiger partial charge is 0.494 e. The second-order valence-electron chi connectivity index (χ2n) is 4.75. The Balaban J connectivity index is 2.56. The smallest absolute Gasteiger partial charge is 0.426 e. The highest BCUT2D eigenvalue weighted by Crippen LogP contribution is 2.37. The maximum absolute atomic E-state index is 13.5. The van der Waals surface area contributed by atoms with Crippen molar-refractivity contribution in [3.63, 3.8) is 0 Å². The van der Waals surface area contributed by atoms with Crippen molar-refractivity contribution in [1.29, 1.82) is 0 Å². The third kappa shape index (κ3) is 6.26. The van der Waals surface area contributed by atoms with E-state index in [1.165, 1.54) is 0 Å². The fourth-order valence-electron chi connectivity index (χ4n) is 1.52. The number of unbranched alkanes of at least 4 members (excludes halogenated alkanes) is 1. The number of carbonyl (C=O) groups excluding carboxylic acids is 1. The van der Waals surface area contributed by atoms with Crippen LogP contribution in [0.1, 0.15) is 30.1 Å². The summed E-state index contributed by atoms with van der Waals surface area (Å²) in [5.41, 5.74) is 0.0135. The van der Waals surface area contributed by atoms with Gasteiger partial charge < -0.3 is 14.2 Å². The number of alkyl halides is 4. The van der Waals surface area contributed by atoms with Crippen LogP contribution in [0.3, 0.4) is 0 Å². The van der Waals surface area contributed by atoms with Crippen molar-refractivity contribution in [3.8, 4) is 5.75 Å². The zero-order valence-corrected chi connectivity index (χ0v) is 13.6. The Bertz CT molecular complexity index is 523. The second kappa shape index (κ2) is 9.19. The molecule has 1 aromatic carbocycles. The fraction of sp³-hybridized carbons (Fsp3) is 0.533. The highest BCUT2D eigenvalue weighted by atomic mass is 35.5. The van der Waals surface area contributed by atoms with E-state index in [9.17, 15) is 22.4 Å². The summed E-state index contributed by atoms with van der Waals surface area (Å²) in [5.74, 6) is -0.566. The lowest BCUT2D eigenvalue weighted by Gasteiger charge is -2.26. The molecule has 0 atom stereocenters. The monoisotopic (exact) mass is 372 g/mol. The van der Waals surface area contributed by atoms with Crippen molar-refractivity contribution in [2.45, 2.75) is 32.0 Å². The molecule has 9 heteroatoms. The number of benzene rings is 1. The summed E-state index contributed by atoms with van der Waals surface area (Å²) in [6.45, 7) is 1.30. The lowest BCUT2D eigenvalue weighted by atomic mass is 10.2. The molecule has 1 aromatic rings. The first-order chi connectivity index (χ1) is 11.2. The van der Waals surface area contributed by atoms with E-state index in [4.69, 9.17) is 16.3 Å². The molecule has 0 fully saturated rings. The zero-order valence-electron chi connectivity index (χ0n) is 12.9. The molecule has 0 spiro atoms. The molecule has 136 valence electrons. The minimum absolute atomic E-state index is 0.0135. The molecule has 0 unspecified atom stereocenters. The predicted molar refractivity (Wildman–Crippen MR) is 78.8 cm³/mol. The summed E-state index contributed by atoms with van der Waals surface area (Å²) >= 11 is 5.18. The van der Waals surface area contributed by atoms with Crippen molar-refractivity contribution in [1.82, 2.24) is 0 Å². The van der Waals surface area contributed by atoms with Crippen LogP contribution in [0.25, 0.3) is 0 Å². The van der Waals surface area contributed by atoms with Crippen molar-refractivity contribution in [3.05, 3.63) is 29.8 Å². The van der Waals surface area contributed by atoms with Crippen LogP contribution in [-0.4, -0.2) is 37.3 Å². The Morgan fingerprint density at radius 2 is 1.67 bits per heavy atom. The normalized spacial score (nSPS) is 12.2. The topological polar surface area (TPSA) is 44.8 Å². The highest BCUT2D eigenvalue weighted by Gasteiger charge is 2.61. The minimum Gasteiger partial charge on any atom is -0.426 e. The van der Waals surface area contributed by atoms with Crippen LogP contribution in [0, 0.1) is 0 Å². The predicted octanol–water partition coefficient (Wildman–Crippen LogP) is 4.46. The van der Waals surface area contributed by atoms with Crippen LogP contribution < -0.4 is 4.74 Å². The third-order valence-electron chi connectivity index (χ3n) is 2.82. The van der Waals surface area contributed by atoms with Crippen molar-refractivity contribution >= 4 is 16.8 Å². The zero-order chi connectivity index (χ0) is 18.2. The summed E-state index contributed by atoms with van der Waals surface area (Å²) in [4.78, 5) is 10.8. The Kier molecular flexibility index (Phi) is 7.92. The Labute approximate surface area is 141 Å². The number of hydrogen-bond acceptors (Lipinski definition) is 4. The average Bonchev–Trinajstić information content (AvgIpc) is 2.50. The van der Waals surface area contributed by atoms with Crippen LogP contribution in [0.15, 0.2) is 24.3 Å². The summed E-state index contributed by atoms with van der Waals surface area (Å²) in [6.07, 6.45) is -8.15. The van der Waals surface area contributed by atoms with Gasteiger partial charge in [-0.05, 0) is 42.3 Å². The van der Waals surface area contributed by atoms with Crippen LogP contribution in [0.2, 0.25) is 0 Å². The van der Waals surface area contributed by atoms with Gasteiger partial charge in [0.25, 0.3) is 5.24 Å². The maximum Gasteiger partial charge on any atom is 0.494 e. The lowest BCUT2D eigenvalue weighted by molar-refractivity contribution is -0.408. The van der Waals surface area contributed by atoms with Crippen LogP contribution >= 0.6 is 11.6 Å². The molecule has 4 nitrogen and oxygen atoms in total. The molecule has 24 heavy (non-hydrogen) atoms. The van der Waals surface area contributed by atoms with E-state index in [1.54, 1.807) is 0 Å². The van der Waals surface area contributed by atoms with Gasteiger partial charge in [0.15, 0.2) is 0 Å². The van der Waals surface area contributed by atoms with Gasteiger partial charge in [-0.1, -0.05) is 13.3 Å². The first kappa shape index (κ1) is 20.7. The minimum atomic E-state index is -4.90. The van der Waals surface area contributed by atoms with Gasteiger partial charge in [0.1, 0.15) is 5.75 Å². The molecular formula is C15H17ClF4O4. The van der Waals surface area contributed by atoms with Crippen LogP contribution in [0.5, 0.6) is 5.75 Å². The Morgan fingerprint density at radius 3 is 2.21 bits per heavy atom. The van der Waals surface area contributed by atoms with Gasteiger partial charge in [-0.15, -0.1) is 0 Å². The number of halogens is 5. The summed E-state index contributed by atoms with van der Waals surface area (Å²) in [5, 5.41) is -0.815. The second-order valence-corrected chi connectivity index (χ2v) is 5.09. The Hall–Kier alpha value is -1.38. The molecule has 0 amide bonds. The fourth-order valence-corrected chi connectivity index (χ4v) is 1.65. The molecule has 0 heterocycles. The molecule has 0 radical (unpaired) electrons. The van der Waals surface area contributed by atoms with Gasteiger partial charge in [-0.25, -0.2) is 0 Å². The van der Waals surface area contributed by atoms with E-state index in [0.717, 1.165) is 37.1 Å². The molecule has 0 N–H and O–H groups in total. The molecule has 0 saturated carbocycles. The van der Waals surface area contributed by atoms with Gasteiger partial charge in [0, 0.05) is 12.2 Å². The molecule has 0 aliphatic heterocycles. The molecular weight excluding hydrogens is 356 g/mol. The molecule has 1 rings (SSSR count). The van der Waals surface area contributed by atoms with E-state index in [2.05, 4.69) is 9.47 Å². The first-order valence-corrected chi connectivity index (χ1v) is 7.53. The third-order valence-corrected chi connectivity index (χ3v) is 3.04. The summed E-state index contributed by atoms with van der Waals surface area (Å²) < 4.78 is 66.8. The number of hydrogen-bond donors (Lipinski definition) is 0. The van der Waals surface area contributed by atoms with Gasteiger partial charge in [-0.3, -0.25) is 4.79 Å². The number of ether oxygens (including phenoxy) is 3. The van der Waals surface area contributed by atoms with E-state index in [0.29, 0.717) is 6.61 Å². The molecule has 0 saturated heterocycles. The highest BCUT2D eigenvalue weighted by molar-refractivity contribution is 6.67. The lowest BCUT2D eigenvalue weighted by Crippen LogP contribution is -2.47. The van der Waals surface area contributed by atoms with Crippen molar-refractivity contribution in [2.75, 3.05) is 19.8 Å². The van der Waals surface area contributed by atoms with Gasteiger partial charge >= 0.3 is 12.2 Å². The van der Waals surface area contributed by atoms with E-state index in [-0.39, 0.29) is 12.2 Å². The van der Waals surface area contributed by atoms with Gasteiger partial charge in [-0.2, -0.15) is 17.6 Å². The van der Waals surface area contributed by atoms with Crippen molar-refractivity contribution in [2.24, 2.45) is 0 Å². The SMILES string of the molecule is CCCCOCCOC(F)(F)C(F)(F)Oc1ccc(C(=O)Cl)cc1.